The summed E-state index contributed by atoms with van der Waals surface area (Å²) in [7, 11) is 4.87. The quantitative estimate of drug-likeness (QED) is 0.725. The van der Waals surface area contributed by atoms with Crippen LogP contribution in [0.4, 0.5) is 5.82 Å². The van der Waals surface area contributed by atoms with Gasteiger partial charge in [-0.05, 0) is 13.3 Å². The lowest BCUT2D eigenvalue weighted by molar-refractivity contribution is -0.112. The Kier molecular flexibility index (Phi) is 6.69. The second kappa shape index (κ2) is 8.04. The summed E-state index contributed by atoms with van der Waals surface area (Å²) in [5.41, 5.74) is 0.894. The first-order valence-corrected chi connectivity index (χ1v) is 6.30. The predicted molar refractivity (Wildman–Crippen MR) is 73.0 cm³/mol. The van der Waals surface area contributed by atoms with Crippen molar-refractivity contribution in [1.29, 1.82) is 0 Å². The Balaban J connectivity index is 2.84. The molecule has 0 radical (unpaired) electrons. The van der Waals surface area contributed by atoms with E-state index in [0.717, 1.165) is 17.9 Å². The number of aromatic nitrogens is 2. The van der Waals surface area contributed by atoms with E-state index < -0.39 is 0 Å². The van der Waals surface area contributed by atoms with Crippen LogP contribution >= 0.6 is 0 Å². The Morgan fingerprint density at radius 2 is 1.89 bits per heavy atom. The lowest BCUT2D eigenvalue weighted by atomic mass is 10.2. The highest BCUT2D eigenvalue weighted by Gasteiger charge is 2.19. The fraction of sp³-hybridized carbons (Fsp3) is 0.692. The summed E-state index contributed by atoms with van der Waals surface area (Å²) >= 11 is 0. The SMILES string of the molecule is CCC(Nc1cc(C)nc(COC)n1)C(OC)OC. The summed E-state index contributed by atoms with van der Waals surface area (Å²) in [5, 5.41) is 3.31. The Morgan fingerprint density at radius 3 is 2.42 bits per heavy atom. The van der Waals surface area contributed by atoms with Gasteiger partial charge in [-0.2, -0.15) is 0 Å². The van der Waals surface area contributed by atoms with Crippen LogP contribution in [-0.2, 0) is 20.8 Å². The molecule has 0 spiro atoms. The average Bonchev–Trinajstić information content (AvgIpc) is 2.38. The number of hydrogen-bond acceptors (Lipinski definition) is 6. The molecule has 1 rings (SSSR count). The van der Waals surface area contributed by atoms with Crippen LogP contribution in [0.2, 0.25) is 0 Å². The average molecular weight is 269 g/mol. The third-order valence-electron chi connectivity index (χ3n) is 2.74. The van der Waals surface area contributed by atoms with E-state index in [-0.39, 0.29) is 12.3 Å². The first kappa shape index (κ1) is 15.8. The van der Waals surface area contributed by atoms with Crippen molar-refractivity contribution in [2.75, 3.05) is 26.6 Å². The summed E-state index contributed by atoms with van der Waals surface area (Å²) in [6, 6.07) is 1.92. The molecule has 1 atom stereocenters. The summed E-state index contributed by atoms with van der Waals surface area (Å²) in [5.74, 6) is 1.41. The van der Waals surface area contributed by atoms with E-state index in [9.17, 15) is 0 Å². The standard InChI is InChI=1S/C13H23N3O3/c1-6-10(13(18-4)19-5)15-11-7-9(2)14-12(16-11)8-17-3/h7,10,13H,6,8H2,1-5H3,(H,14,15,16). The number of methoxy groups -OCH3 is 3. The van der Waals surface area contributed by atoms with Crippen LogP contribution in [0.25, 0.3) is 0 Å². The lowest BCUT2D eigenvalue weighted by Crippen LogP contribution is -2.36. The highest BCUT2D eigenvalue weighted by molar-refractivity contribution is 5.37. The summed E-state index contributed by atoms with van der Waals surface area (Å²) < 4.78 is 15.6. The molecular weight excluding hydrogens is 246 g/mol. The van der Waals surface area contributed by atoms with Gasteiger partial charge in [-0.3, -0.25) is 0 Å². The van der Waals surface area contributed by atoms with Crippen molar-refractivity contribution in [2.45, 2.75) is 39.2 Å². The Bertz CT molecular complexity index is 383. The van der Waals surface area contributed by atoms with Crippen molar-refractivity contribution >= 4 is 5.82 Å². The molecule has 0 fully saturated rings. The molecule has 0 aliphatic heterocycles. The van der Waals surface area contributed by atoms with Gasteiger partial charge in [0.1, 0.15) is 12.4 Å². The molecule has 19 heavy (non-hydrogen) atoms. The van der Waals surface area contributed by atoms with Gasteiger partial charge >= 0.3 is 0 Å². The van der Waals surface area contributed by atoms with Crippen LogP contribution in [0.1, 0.15) is 24.9 Å². The molecule has 1 unspecified atom stereocenters. The normalized spacial score (nSPS) is 12.7. The minimum Gasteiger partial charge on any atom is -0.377 e. The van der Waals surface area contributed by atoms with Gasteiger partial charge < -0.3 is 19.5 Å². The topological polar surface area (TPSA) is 65.5 Å². The molecule has 0 aromatic carbocycles. The molecule has 1 N–H and O–H groups in total. The Labute approximate surface area is 114 Å². The zero-order valence-corrected chi connectivity index (χ0v) is 12.3. The maximum absolute atomic E-state index is 5.28. The number of nitrogens with one attached hydrogen (secondary N) is 1. The van der Waals surface area contributed by atoms with E-state index >= 15 is 0 Å². The van der Waals surface area contributed by atoms with Gasteiger partial charge in [-0.15, -0.1) is 0 Å². The maximum atomic E-state index is 5.28. The molecule has 0 bridgehead atoms. The number of anilines is 1. The van der Waals surface area contributed by atoms with Gasteiger partial charge in [0, 0.05) is 33.1 Å². The van der Waals surface area contributed by atoms with Crippen LogP contribution in [0.15, 0.2) is 6.07 Å². The maximum Gasteiger partial charge on any atom is 0.176 e. The molecule has 0 amide bonds. The van der Waals surface area contributed by atoms with E-state index in [1.165, 1.54) is 0 Å². The Morgan fingerprint density at radius 1 is 1.21 bits per heavy atom. The number of nitrogens with zero attached hydrogens (tertiary/aromatic N) is 2. The van der Waals surface area contributed by atoms with Crippen molar-refractivity contribution in [2.24, 2.45) is 0 Å². The van der Waals surface area contributed by atoms with Crippen LogP contribution in [0.5, 0.6) is 0 Å². The predicted octanol–water partition coefficient (Wildman–Crippen LogP) is 1.74. The summed E-state index contributed by atoms with van der Waals surface area (Å²) in [4.78, 5) is 8.71. The monoisotopic (exact) mass is 269 g/mol. The zero-order valence-electron chi connectivity index (χ0n) is 12.3. The van der Waals surface area contributed by atoms with Gasteiger partial charge in [0.25, 0.3) is 0 Å². The lowest BCUT2D eigenvalue weighted by Gasteiger charge is -2.25. The van der Waals surface area contributed by atoms with Crippen molar-refractivity contribution in [3.8, 4) is 0 Å². The highest BCUT2D eigenvalue weighted by Crippen LogP contribution is 2.13. The first-order chi connectivity index (χ1) is 9.14. The van der Waals surface area contributed by atoms with Crippen LogP contribution in [-0.4, -0.2) is 43.6 Å². The molecule has 0 saturated heterocycles. The number of aryl methyl sites for hydroxylation is 1. The van der Waals surface area contributed by atoms with Crippen LogP contribution < -0.4 is 5.32 Å². The van der Waals surface area contributed by atoms with E-state index in [2.05, 4.69) is 22.2 Å². The minimum absolute atomic E-state index is 0.0275. The van der Waals surface area contributed by atoms with E-state index in [1.807, 2.05) is 13.0 Å². The third kappa shape index (κ3) is 4.74. The minimum atomic E-state index is -0.314. The highest BCUT2D eigenvalue weighted by atomic mass is 16.7. The van der Waals surface area contributed by atoms with E-state index in [1.54, 1.807) is 21.3 Å². The second-order valence-corrected chi connectivity index (χ2v) is 4.24. The Hall–Kier alpha value is -1.24. The second-order valence-electron chi connectivity index (χ2n) is 4.24. The van der Waals surface area contributed by atoms with Crippen LogP contribution in [0.3, 0.4) is 0 Å². The summed E-state index contributed by atoms with van der Waals surface area (Å²) in [6.45, 7) is 4.38. The van der Waals surface area contributed by atoms with Gasteiger partial charge in [-0.25, -0.2) is 9.97 Å². The van der Waals surface area contributed by atoms with Gasteiger partial charge in [0.05, 0.1) is 6.04 Å². The van der Waals surface area contributed by atoms with Crippen molar-refractivity contribution in [3.63, 3.8) is 0 Å². The van der Waals surface area contributed by atoms with Gasteiger partial charge in [-0.1, -0.05) is 6.92 Å². The first-order valence-electron chi connectivity index (χ1n) is 6.30. The fourth-order valence-corrected chi connectivity index (χ4v) is 1.87. The molecule has 1 aromatic rings. The molecule has 1 heterocycles. The van der Waals surface area contributed by atoms with Crippen molar-refractivity contribution < 1.29 is 14.2 Å². The molecule has 0 aliphatic rings. The van der Waals surface area contributed by atoms with Gasteiger partial charge in [0.2, 0.25) is 0 Å². The number of ether oxygens (including phenoxy) is 3. The molecular formula is C13H23N3O3. The third-order valence-corrected chi connectivity index (χ3v) is 2.74. The van der Waals surface area contributed by atoms with Crippen LogP contribution in [0, 0.1) is 6.92 Å². The molecule has 6 heteroatoms. The fourth-order valence-electron chi connectivity index (χ4n) is 1.87. The molecule has 0 aliphatic carbocycles. The number of rotatable bonds is 8. The zero-order chi connectivity index (χ0) is 14.3. The largest absolute Gasteiger partial charge is 0.377 e. The molecule has 108 valence electrons. The van der Waals surface area contributed by atoms with E-state index in [0.29, 0.717) is 12.4 Å². The van der Waals surface area contributed by atoms with E-state index in [4.69, 9.17) is 14.2 Å². The molecule has 6 nitrogen and oxygen atoms in total. The molecule has 0 saturated carbocycles. The summed E-state index contributed by atoms with van der Waals surface area (Å²) in [6.07, 6.45) is 0.542. The van der Waals surface area contributed by atoms with Crippen molar-refractivity contribution in [1.82, 2.24) is 9.97 Å². The van der Waals surface area contributed by atoms with Gasteiger partial charge in [0.15, 0.2) is 12.1 Å². The molecule has 1 aromatic heterocycles. The smallest absolute Gasteiger partial charge is 0.176 e. The number of hydrogen-bond donors (Lipinski definition) is 1. The van der Waals surface area contributed by atoms with Crippen molar-refractivity contribution in [3.05, 3.63) is 17.6 Å².